The summed E-state index contributed by atoms with van der Waals surface area (Å²) in [6.07, 6.45) is 2.29. The number of ether oxygens (including phenoxy) is 2. The Morgan fingerprint density at radius 1 is 1.28 bits per heavy atom. The zero-order valence-electron chi connectivity index (χ0n) is 14.6. The molecule has 8 heteroatoms. The van der Waals surface area contributed by atoms with Gasteiger partial charge in [-0.15, -0.1) is 11.8 Å². The molecule has 1 aromatic rings. The summed E-state index contributed by atoms with van der Waals surface area (Å²) in [5.41, 5.74) is 0.188. The Morgan fingerprint density at radius 2 is 1.96 bits per heavy atom. The highest BCUT2D eigenvalue weighted by Gasteiger charge is 2.23. The van der Waals surface area contributed by atoms with Gasteiger partial charge in [-0.05, 0) is 36.8 Å². The van der Waals surface area contributed by atoms with E-state index in [-0.39, 0.29) is 16.5 Å². The molecule has 0 aromatic heterocycles. The predicted octanol–water partition coefficient (Wildman–Crippen LogP) is 2.92. The summed E-state index contributed by atoms with van der Waals surface area (Å²) in [5.74, 6) is -1.64. The van der Waals surface area contributed by atoms with Crippen molar-refractivity contribution < 1.29 is 23.9 Å². The highest BCUT2D eigenvalue weighted by molar-refractivity contribution is 7.98. The van der Waals surface area contributed by atoms with Gasteiger partial charge in [-0.2, -0.15) is 0 Å². The summed E-state index contributed by atoms with van der Waals surface area (Å²) >= 11 is 7.45. The third-order valence-electron chi connectivity index (χ3n) is 3.26. The minimum Gasteiger partial charge on any atom is -0.467 e. The van der Waals surface area contributed by atoms with Crippen molar-refractivity contribution in [3.8, 4) is 0 Å². The van der Waals surface area contributed by atoms with E-state index in [1.807, 2.05) is 20.1 Å². The van der Waals surface area contributed by atoms with Crippen LogP contribution in [-0.4, -0.2) is 43.9 Å². The molecule has 0 fully saturated rings. The van der Waals surface area contributed by atoms with Gasteiger partial charge in [0.2, 0.25) is 0 Å². The topological polar surface area (TPSA) is 81.7 Å². The molecule has 1 amide bonds. The Balaban J connectivity index is 2.65. The Bertz CT molecular complexity index is 635. The number of methoxy groups -OCH3 is 1. The zero-order valence-corrected chi connectivity index (χ0v) is 16.2. The van der Waals surface area contributed by atoms with E-state index in [0.717, 1.165) is 4.90 Å². The fourth-order valence-corrected chi connectivity index (χ4v) is 2.69. The van der Waals surface area contributed by atoms with Crippen molar-refractivity contribution in [3.05, 3.63) is 28.8 Å². The zero-order chi connectivity index (χ0) is 19.0. The van der Waals surface area contributed by atoms with Gasteiger partial charge in [0.25, 0.3) is 5.91 Å². The van der Waals surface area contributed by atoms with Gasteiger partial charge in [0.15, 0.2) is 6.61 Å². The molecule has 1 N–H and O–H groups in total. The third kappa shape index (κ3) is 6.96. The van der Waals surface area contributed by atoms with Crippen LogP contribution in [0.3, 0.4) is 0 Å². The van der Waals surface area contributed by atoms with Gasteiger partial charge in [0.1, 0.15) is 6.04 Å². The second-order valence-electron chi connectivity index (χ2n) is 5.69. The second kappa shape index (κ2) is 10.3. The first-order chi connectivity index (χ1) is 11.8. The first-order valence-electron chi connectivity index (χ1n) is 7.66. The molecule has 0 aliphatic rings. The van der Waals surface area contributed by atoms with Crippen LogP contribution in [0.25, 0.3) is 0 Å². The SMILES string of the molecule is COC(=O)[C@H](CC(C)C)NC(=O)COC(=O)c1cc(SC)ccc1Cl. The van der Waals surface area contributed by atoms with E-state index in [0.29, 0.717) is 6.42 Å². The fourth-order valence-electron chi connectivity index (χ4n) is 2.06. The van der Waals surface area contributed by atoms with E-state index in [9.17, 15) is 14.4 Å². The maximum Gasteiger partial charge on any atom is 0.340 e. The molecule has 138 valence electrons. The lowest BCUT2D eigenvalue weighted by molar-refractivity contribution is -0.145. The molecule has 1 atom stereocenters. The van der Waals surface area contributed by atoms with Crippen molar-refractivity contribution in [3.63, 3.8) is 0 Å². The number of halogens is 1. The lowest BCUT2D eigenvalue weighted by Crippen LogP contribution is -2.44. The van der Waals surface area contributed by atoms with Crippen LogP contribution in [0.15, 0.2) is 23.1 Å². The molecular weight excluding hydrogens is 366 g/mol. The van der Waals surface area contributed by atoms with Gasteiger partial charge in [-0.25, -0.2) is 9.59 Å². The summed E-state index contributed by atoms with van der Waals surface area (Å²) in [7, 11) is 1.25. The molecule has 0 spiro atoms. The number of amides is 1. The van der Waals surface area contributed by atoms with E-state index in [2.05, 4.69) is 10.1 Å². The van der Waals surface area contributed by atoms with Gasteiger partial charge in [-0.3, -0.25) is 4.79 Å². The average molecular weight is 388 g/mol. The van der Waals surface area contributed by atoms with Gasteiger partial charge in [0, 0.05) is 4.90 Å². The molecule has 1 aromatic carbocycles. The van der Waals surface area contributed by atoms with Gasteiger partial charge in [-0.1, -0.05) is 25.4 Å². The molecule has 0 radical (unpaired) electrons. The van der Waals surface area contributed by atoms with E-state index in [1.165, 1.54) is 18.9 Å². The molecule has 6 nitrogen and oxygen atoms in total. The van der Waals surface area contributed by atoms with Crippen LogP contribution in [0.4, 0.5) is 0 Å². The molecule has 0 heterocycles. The molecule has 0 saturated carbocycles. The quantitative estimate of drug-likeness (QED) is 0.545. The number of hydrogen-bond acceptors (Lipinski definition) is 6. The highest BCUT2D eigenvalue weighted by Crippen LogP contribution is 2.23. The summed E-state index contributed by atoms with van der Waals surface area (Å²) < 4.78 is 9.66. The van der Waals surface area contributed by atoms with Crippen LogP contribution in [0, 0.1) is 5.92 Å². The van der Waals surface area contributed by atoms with Crippen LogP contribution in [0.2, 0.25) is 5.02 Å². The Kier molecular flexibility index (Phi) is 8.78. The number of nitrogens with one attached hydrogen (secondary N) is 1. The van der Waals surface area contributed by atoms with Gasteiger partial charge >= 0.3 is 11.9 Å². The molecule has 1 rings (SSSR count). The largest absolute Gasteiger partial charge is 0.467 e. The first-order valence-corrected chi connectivity index (χ1v) is 9.26. The minimum atomic E-state index is -0.778. The highest BCUT2D eigenvalue weighted by atomic mass is 35.5. The van der Waals surface area contributed by atoms with Crippen molar-refractivity contribution in [1.82, 2.24) is 5.32 Å². The van der Waals surface area contributed by atoms with Crippen molar-refractivity contribution in [2.45, 2.75) is 31.2 Å². The predicted molar refractivity (Wildman–Crippen MR) is 96.9 cm³/mol. The van der Waals surface area contributed by atoms with Crippen molar-refractivity contribution in [2.24, 2.45) is 5.92 Å². The van der Waals surface area contributed by atoms with Crippen molar-refractivity contribution in [1.29, 1.82) is 0 Å². The number of carbonyl (C=O) groups is 3. The molecule has 0 aliphatic carbocycles. The summed E-state index contributed by atoms with van der Waals surface area (Å²) in [5, 5.41) is 2.76. The smallest absolute Gasteiger partial charge is 0.340 e. The third-order valence-corrected chi connectivity index (χ3v) is 4.31. The fraction of sp³-hybridized carbons (Fsp3) is 0.471. The normalized spacial score (nSPS) is 11.8. The molecular formula is C17H22ClNO5S. The minimum absolute atomic E-state index is 0.181. The summed E-state index contributed by atoms with van der Waals surface area (Å²) in [6, 6.07) is 4.20. The number of hydrogen-bond donors (Lipinski definition) is 1. The Hall–Kier alpha value is -1.73. The van der Waals surface area contributed by atoms with Crippen LogP contribution < -0.4 is 5.32 Å². The van der Waals surface area contributed by atoms with Crippen LogP contribution >= 0.6 is 23.4 Å². The number of rotatable bonds is 8. The van der Waals surface area contributed by atoms with E-state index < -0.39 is 30.5 Å². The second-order valence-corrected chi connectivity index (χ2v) is 6.98. The number of benzene rings is 1. The number of carbonyl (C=O) groups excluding carboxylic acids is 3. The van der Waals surface area contributed by atoms with Crippen LogP contribution in [0.5, 0.6) is 0 Å². The van der Waals surface area contributed by atoms with Crippen molar-refractivity contribution in [2.75, 3.05) is 20.0 Å². The van der Waals surface area contributed by atoms with Gasteiger partial charge < -0.3 is 14.8 Å². The van der Waals surface area contributed by atoms with E-state index in [1.54, 1.807) is 18.2 Å². The first kappa shape index (κ1) is 21.3. The van der Waals surface area contributed by atoms with Crippen LogP contribution in [0.1, 0.15) is 30.6 Å². The molecule has 0 saturated heterocycles. The maximum absolute atomic E-state index is 12.1. The lowest BCUT2D eigenvalue weighted by Gasteiger charge is -2.18. The van der Waals surface area contributed by atoms with Gasteiger partial charge in [0.05, 0.1) is 17.7 Å². The molecule has 0 unspecified atom stereocenters. The lowest BCUT2D eigenvalue weighted by atomic mass is 10.0. The van der Waals surface area contributed by atoms with E-state index in [4.69, 9.17) is 16.3 Å². The Morgan fingerprint density at radius 3 is 2.52 bits per heavy atom. The number of esters is 2. The summed E-state index contributed by atoms with van der Waals surface area (Å²) in [6.45, 7) is 3.33. The molecule has 25 heavy (non-hydrogen) atoms. The van der Waals surface area contributed by atoms with E-state index >= 15 is 0 Å². The Labute approximate surface area is 156 Å². The average Bonchev–Trinajstić information content (AvgIpc) is 2.58. The monoisotopic (exact) mass is 387 g/mol. The molecule has 0 bridgehead atoms. The number of thioether (sulfide) groups is 1. The van der Waals surface area contributed by atoms with Crippen molar-refractivity contribution >= 4 is 41.2 Å². The molecule has 0 aliphatic heterocycles. The summed E-state index contributed by atoms with van der Waals surface area (Å²) in [4.78, 5) is 36.6. The van der Waals surface area contributed by atoms with Crippen LogP contribution in [-0.2, 0) is 19.1 Å². The standard InChI is InChI=1S/C17H22ClNO5S/c1-10(2)7-14(17(22)23-3)19-15(20)9-24-16(21)12-8-11(25-4)5-6-13(12)18/h5-6,8,10,14H,7,9H2,1-4H3,(H,19,20)/t14-/m0/s1. The maximum atomic E-state index is 12.1.